The highest BCUT2D eigenvalue weighted by atomic mass is 79.9. The van der Waals surface area contributed by atoms with Crippen molar-refractivity contribution in [3.63, 3.8) is 0 Å². The molecule has 1 aliphatic rings. The van der Waals surface area contributed by atoms with Crippen LogP contribution in [0.25, 0.3) is 6.08 Å². The summed E-state index contributed by atoms with van der Waals surface area (Å²) in [7, 11) is 0. The molecular weight excluding hydrogens is 469 g/mol. The van der Waals surface area contributed by atoms with Gasteiger partial charge in [0.2, 0.25) is 0 Å². The molecule has 0 radical (unpaired) electrons. The lowest BCUT2D eigenvalue weighted by atomic mass is 10.2. The number of hydrogen-bond donors (Lipinski definition) is 1. The van der Waals surface area contributed by atoms with Gasteiger partial charge in [-0.05, 0) is 57.4 Å². The third kappa shape index (κ3) is 4.98. The number of benzene rings is 2. The minimum absolute atomic E-state index is 0.219. The van der Waals surface area contributed by atoms with Gasteiger partial charge in [0.05, 0.1) is 9.38 Å². The largest absolute Gasteiger partial charge is 0.488 e. The quantitative estimate of drug-likeness (QED) is 0.485. The maximum absolute atomic E-state index is 12.9. The van der Waals surface area contributed by atoms with Crippen LogP contribution in [0.1, 0.15) is 11.1 Å². The van der Waals surface area contributed by atoms with Crippen molar-refractivity contribution in [3.05, 3.63) is 68.8 Å². The molecule has 0 bridgehead atoms. The molecule has 5 nitrogen and oxygen atoms in total. The molecule has 1 N–H and O–H groups in total. The van der Waals surface area contributed by atoms with Crippen LogP contribution in [0.3, 0.4) is 0 Å². The van der Waals surface area contributed by atoms with Crippen LogP contribution in [0.2, 0.25) is 0 Å². The second-order valence-corrected chi connectivity index (χ2v) is 8.30. The van der Waals surface area contributed by atoms with Crippen molar-refractivity contribution < 1.29 is 23.8 Å². The van der Waals surface area contributed by atoms with Crippen LogP contribution >= 0.6 is 39.9 Å². The fourth-order valence-corrected chi connectivity index (χ4v) is 4.15. The van der Waals surface area contributed by atoms with Gasteiger partial charge in [-0.3, -0.25) is 14.5 Å². The maximum Gasteiger partial charge on any atom is 0.323 e. The topological polar surface area (TPSA) is 66.8 Å². The summed E-state index contributed by atoms with van der Waals surface area (Å²) < 4.78 is 19.6. The van der Waals surface area contributed by atoms with Crippen molar-refractivity contribution in [3.8, 4) is 5.75 Å². The minimum atomic E-state index is -1.12. The lowest BCUT2D eigenvalue weighted by molar-refractivity contribution is -0.140. The number of nitrogens with zero attached hydrogens (tertiary/aromatic N) is 1. The fourth-order valence-electron chi connectivity index (χ4n) is 2.39. The normalized spacial score (nSPS) is 15.4. The van der Waals surface area contributed by atoms with Gasteiger partial charge >= 0.3 is 5.97 Å². The number of rotatable bonds is 6. The first-order valence-corrected chi connectivity index (χ1v) is 9.99. The molecule has 0 unspecified atom stereocenters. The molecule has 0 spiro atoms. The number of halogens is 2. The van der Waals surface area contributed by atoms with Crippen LogP contribution in [0.15, 0.2) is 51.8 Å². The van der Waals surface area contributed by atoms with Crippen LogP contribution in [-0.2, 0) is 16.2 Å². The zero-order chi connectivity index (χ0) is 20.3. The van der Waals surface area contributed by atoms with E-state index in [1.807, 2.05) is 0 Å². The summed E-state index contributed by atoms with van der Waals surface area (Å²) in [6.45, 7) is -0.173. The summed E-state index contributed by atoms with van der Waals surface area (Å²) in [6.07, 6.45) is 1.65. The molecule has 0 aliphatic carbocycles. The van der Waals surface area contributed by atoms with Gasteiger partial charge in [-0.25, -0.2) is 4.39 Å². The molecule has 1 saturated heterocycles. The predicted molar refractivity (Wildman–Crippen MR) is 112 cm³/mol. The van der Waals surface area contributed by atoms with Gasteiger partial charge in [-0.1, -0.05) is 42.2 Å². The van der Waals surface area contributed by atoms with E-state index >= 15 is 0 Å². The van der Waals surface area contributed by atoms with E-state index in [0.717, 1.165) is 27.8 Å². The third-order valence-electron chi connectivity index (χ3n) is 3.73. The van der Waals surface area contributed by atoms with Crippen molar-refractivity contribution >= 4 is 62.2 Å². The van der Waals surface area contributed by atoms with E-state index in [4.69, 9.17) is 22.1 Å². The second-order valence-electron chi connectivity index (χ2n) is 5.77. The first-order chi connectivity index (χ1) is 13.3. The van der Waals surface area contributed by atoms with E-state index in [1.54, 1.807) is 36.4 Å². The first-order valence-electron chi connectivity index (χ1n) is 7.97. The monoisotopic (exact) mass is 481 g/mol. The molecule has 0 aromatic heterocycles. The molecular formula is C19H13BrFNO4S2. The van der Waals surface area contributed by atoms with Crippen LogP contribution in [0, 0.1) is 5.82 Å². The summed E-state index contributed by atoms with van der Waals surface area (Å²) in [5.74, 6) is -1.25. The van der Waals surface area contributed by atoms with Crippen LogP contribution < -0.4 is 4.74 Å². The molecule has 1 fully saturated rings. The summed E-state index contributed by atoms with van der Waals surface area (Å²) >= 11 is 9.58. The molecule has 1 aliphatic heterocycles. The highest BCUT2D eigenvalue weighted by Gasteiger charge is 2.33. The molecule has 1 amide bonds. The molecule has 9 heteroatoms. The Bertz CT molecular complexity index is 978. The Balaban J connectivity index is 1.71. The van der Waals surface area contributed by atoms with Gasteiger partial charge in [0.25, 0.3) is 5.91 Å². The minimum Gasteiger partial charge on any atom is -0.488 e. The number of thioether (sulfide) groups is 1. The SMILES string of the molecule is O=C(O)CN1C(=O)C(=Cc2ccc(OCc3ccc(F)cc3)c(Br)c2)SC1=S. The average molecular weight is 482 g/mol. The smallest absolute Gasteiger partial charge is 0.323 e. The van der Waals surface area contributed by atoms with Crippen LogP contribution in [0.4, 0.5) is 4.39 Å². The van der Waals surface area contributed by atoms with E-state index in [-0.39, 0.29) is 16.7 Å². The zero-order valence-corrected chi connectivity index (χ0v) is 17.4. The van der Waals surface area contributed by atoms with Crippen LogP contribution in [0.5, 0.6) is 5.75 Å². The highest BCUT2D eigenvalue weighted by Crippen LogP contribution is 2.34. The lowest BCUT2D eigenvalue weighted by Gasteiger charge is -2.10. The standard InChI is InChI=1S/C19H13BrFNO4S2/c20-14-7-12(8-16-18(25)22(9-17(23)24)19(27)28-16)3-6-15(14)26-10-11-1-4-13(21)5-2-11/h1-8H,9-10H2,(H,23,24). The van der Waals surface area contributed by atoms with Crippen molar-refractivity contribution in [1.82, 2.24) is 4.90 Å². The van der Waals surface area contributed by atoms with E-state index < -0.39 is 18.4 Å². The highest BCUT2D eigenvalue weighted by molar-refractivity contribution is 9.10. The van der Waals surface area contributed by atoms with Gasteiger partial charge in [0.15, 0.2) is 0 Å². The Labute approximate surface area is 178 Å². The van der Waals surface area contributed by atoms with E-state index in [0.29, 0.717) is 15.1 Å². The summed E-state index contributed by atoms with van der Waals surface area (Å²) in [5.41, 5.74) is 1.57. The van der Waals surface area contributed by atoms with E-state index in [9.17, 15) is 14.0 Å². The number of carbonyl (C=O) groups excluding carboxylic acids is 1. The van der Waals surface area contributed by atoms with Crippen molar-refractivity contribution in [2.45, 2.75) is 6.61 Å². The second kappa shape index (κ2) is 8.85. The summed E-state index contributed by atoms with van der Waals surface area (Å²) in [5, 5.41) is 8.88. The Morgan fingerprint density at radius 1 is 1.29 bits per heavy atom. The predicted octanol–water partition coefficient (Wildman–Crippen LogP) is 4.45. The molecule has 3 rings (SSSR count). The Morgan fingerprint density at radius 3 is 2.64 bits per heavy atom. The average Bonchev–Trinajstić information content (AvgIpc) is 2.89. The Kier molecular flexibility index (Phi) is 6.48. The Morgan fingerprint density at radius 2 is 2.00 bits per heavy atom. The zero-order valence-electron chi connectivity index (χ0n) is 14.2. The first kappa shape index (κ1) is 20.5. The van der Waals surface area contributed by atoms with Crippen molar-refractivity contribution in [1.29, 1.82) is 0 Å². The van der Waals surface area contributed by atoms with E-state index in [2.05, 4.69) is 15.9 Å². The van der Waals surface area contributed by atoms with Crippen molar-refractivity contribution in [2.24, 2.45) is 0 Å². The number of aliphatic carboxylic acids is 1. The fraction of sp³-hybridized carbons (Fsp3) is 0.105. The number of amides is 1. The lowest BCUT2D eigenvalue weighted by Crippen LogP contribution is -2.33. The van der Waals surface area contributed by atoms with Gasteiger partial charge in [-0.2, -0.15) is 0 Å². The number of thiocarbonyl (C=S) groups is 1. The molecule has 0 atom stereocenters. The van der Waals surface area contributed by atoms with Gasteiger partial charge in [0, 0.05) is 0 Å². The molecule has 2 aromatic carbocycles. The third-order valence-corrected chi connectivity index (χ3v) is 5.73. The summed E-state index contributed by atoms with van der Waals surface area (Å²) in [6, 6.07) is 11.3. The number of hydrogen-bond acceptors (Lipinski definition) is 5. The van der Waals surface area contributed by atoms with Gasteiger partial charge in [-0.15, -0.1) is 0 Å². The molecule has 28 heavy (non-hydrogen) atoms. The molecule has 2 aromatic rings. The number of carboxylic acid groups (broad SMARTS) is 1. The molecule has 0 saturated carbocycles. The van der Waals surface area contributed by atoms with Gasteiger partial charge in [0.1, 0.15) is 29.0 Å². The summed E-state index contributed by atoms with van der Waals surface area (Å²) in [4.78, 5) is 24.6. The van der Waals surface area contributed by atoms with E-state index in [1.165, 1.54) is 12.1 Å². The molecule has 1 heterocycles. The maximum atomic E-state index is 12.9. The number of ether oxygens (including phenoxy) is 1. The Hall–Kier alpha value is -2.23. The van der Waals surface area contributed by atoms with Crippen molar-refractivity contribution in [2.75, 3.05) is 6.54 Å². The number of carboxylic acids is 1. The van der Waals surface area contributed by atoms with Gasteiger partial charge < -0.3 is 9.84 Å². The van der Waals surface area contributed by atoms with Crippen LogP contribution in [-0.4, -0.2) is 32.7 Å². The number of carbonyl (C=O) groups is 2. The molecule has 144 valence electrons.